The highest BCUT2D eigenvalue weighted by Crippen LogP contribution is 1.97. The summed E-state index contributed by atoms with van der Waals surface area (Å²) < 4.78 is 0. The first-order valence-electron chi connectivity index (χ1n) is 3.29. The third-order valence-corrected chi connectivity index (χ3v) is 1.20. The lowest BCUT2D eigenvalue weighted by Crippen LogP contribution is -1.88. The lowest BCUT2D eigenvalue weighted by atomic mass is 10.2. The van der Waals surface area contributed by atoms with Crippen LogP contribution in [-0.2, 0) is 4.84 Å². The summed E-state index contributed by atoms with van der Waals surface area (Å²) in [5.74, 6) is 0. The van der Waals surface area contributed by atoms with Gasteiger partial charge in [-0.15, -0.1) is 0 Å². The largest absolute Gasteiger partial charge is 0.399 e. The van der Waals surface area contributed by atoms with E-state index in [2.05, 4.69) is 15.0 Å². The standard InChI is InChI=1S/C8H7N3O/c1-12-11-6-8-4-7(5-9)2-3-10-8/h2-4,6H,1H3. The number of aromatic nitrogens is 1. The average molecular weight is 161 g/mol. The first-order chi connectivity index (χ1) is 5.86. The SMILES string of the molecule is CON=Cc1cc(C#N)ccn1. The maximum Gasteiger partial charge on any atom is 0.106 e. The molecule has 0 spiro atoms. The number of hydrogen-bond donors (Lipinski definition) is 0. The van der Waals surface area contributed by atoms with Crippen molar-refractivity contribution in [3.05, 3.63) is 29.6 Å². The normalized spacial score (nSPS) is 9.67. The Kier molecular flexibility index (Phi) is 2.79. The molecule has 0 amide bonds. The molecule has 1 aromatic rings. The molecule has 0 fully saturated rings. The Labute approximate surface area is 70.1 Å². The van der Waals surface area contributed by atoms with Crippen molar-refractivity contribution in [1.82, 2.24) is 4.98 Å². The van der Waals surface area contributed by atoms with E-state index in [9.17, 15) is 0 Å². The highest BCUT2D eigenvalue weighted by Gasteiger charge is 1.91. The molecule has 0 unspecified atom stereocenters. The number of nitriles is 1. The molecule has 4 heteroatoms. The fourth-order valence-corrected chi connectivity index (χ4v) is 0.695. The van der Waals surface area contributed by atoms with Gasteiger partial charge in [-0.05, 0) is 12.1 Å². The molecule has 0 radical (unpaired) electrons. The zero-order valence-electron chi connectivity index (χ0n) is 6.56. The van der Waals surface area contributed by atoms with Gasteiger partial charge in [0.25, 0.3) is 0 Å². The third-order valence-electron chi connectivity index (χ3n) is 1.20. The Morgan fingerprint density at radius 3 is 3.25 bits per heavy atom. The van der Waals surface area contributed by atoms with Crippen LogP contribution in [0.25, 0.3) is 0 Å². The van der Waals surface area contributed by atoms with Crippen molar-refractivity contribution < 1.29 is 4.84 Å². The average Bonchev–Trinajstić information content (AvgIpc) is 2.15. The predicted octanol–water partition coefficient (Wildman–Crippen LogP) is 0.934. The van der Waals surface area contributed by atoms with Crippen molar-refractivity contribution in [3.8, 4) is 6.07 Å². The molecule has 0 N–H and O–H groups in total. The quantitative estimate of drug-likeness (QED) is 0.479. The minimum atomic E-state index is 0.558. The molecule has 0 saturated carbocycles. The Balaban J connectivity index is 2.88. The van der Waals surface area contributed by atoms with Crippen LogP contribution in [0.5, 0.6) is 0 Å². The lowest BCUT2D eigenvalue weighted by molar-refractivity contribution is 0.215. The van der Waals surface area contributed by atoms with Gasteiger partial charge in [-0.25, -0.2) is 0 Å². The van der Waals surface area contributed by atoms with Crippen molar-refractivity contribution in [3.63, 3.8) is 0 Å². The zero-order valence-corrected chi connectivity index (χ0v) is 6.56. The summed E-state index contributed by atoms with van der Waals surface area (Å²) in [6.07, 6.45) is 3.00. The molecule has 60 valence electrons. The molecule has 0 bridgehead atoms. The second-order valence-electron chi connectivity index (χ2n) is 2.00. The van der Waals surface area contributed by atoms with E-state index < -0.39 is 0 Å². The highest BCUT2D eigenvalue weighted by molar-refractivity contribution is 5.76. The van der Waals surface area contributed by atoms with E-state index in [1.807, 2.05) is 6.07 Å². The molecule has 1 aromatic heterocycles. The fourth-order valence-electron chi connectivity index (χ4n) is 0.695. The second-order valence-corrected chi connectivity index (χ2v) is 2.00. The number of rotatable bonds is 2. The molecule has 0 saturated heterocycles. The van der Waals surface area contributed by atoms with Gasteiger partial charge in [0, 0.05) is 6.20 Å². The predicted molar refractivity (Wildman–Crippen MR) is 43.6 cm³/mol. The van der Waals surface area contributed by atoms with Crippen molar-refractivity contribution in [2.75, 3.05) is 7.11 Å². The van der Waals surface area contributed by atoms with Gasteiger partial charge in [0.1, 0.15) is 7.11 Å². The molecule has 0 atom stereocenters. The Morgan fingerprint density at radius 1 is 1.75 bits per heavy atom. The maximum absolute atomic E-state index is 8.53. The summed E-state index contributed by atoms with van der Waals surface area (Å²) in [7, 11) is 1.45. The van der Waals surface area contributed by atoms with Crippen LogP contribution >= 0.6 is 0 Å². The Morgan fingerprint density at radius 2 is 2.58 bits per heavy atom. The number of oxime groups is 1. The van der Waals surface area contributed by atoms with Crippen LogP contribution in [-0.4, -0.2) is 18.3 Å². The smallest absolute Gasteiger partial charge is 0.106 e. The minimum Gasteiger partial charge on any atom is -0.399 e. The summed E-state index contributed by atoms with van der Waals surface area (Å²) in [6, 6.07) is 5.26. The zero-order chi connectivity index (χ0) is 8.81. The maximum atomic E-state index is 8.53. The summed E-state index contributed by atoms with van der Waals surface area (Å²) in [5.41, 5.74) is 1.17. The Hall–Kier alpha value is -1.89. The van der Waals surface area contributed by atoms with Crippen molar-refractivity contribution in [1.29, 1.82) is 5.26 Å². The molecule has 12 heavy (non-hydrogen) atoms. The number of pyridine rings is 1. The van der Waals surface area contributed by atoms with Crippen LogP contribution in [0.2, 0.25) is 0 Å². The molecule has 1 heterocycles. The van der Waals surface area contributed by atoms with Crippen LogP contribution in [0.1, 0.15) is 11.3 Å². The van der Waals surface area contributed by atoms with Crippen molar-refractivity contribution in [2.24, 2.45) is 5.16 Å². The monoisotopic (exact) mass is 161 g/mol. The molecule has 1 rings (SSSR count). The van der Waals surface area contributed by atoms with Crippen LogP contribution in [0.3, 0.4) is 0 Å². The van der Waals surface area contributed by atoms with E-state index in [0.717, 1.165) is 0 Å². The minimum absolute atomic E-state index is 0.558. The van der Waals surface area contributed by atoms with E-state index in [-0.39, 0.29) is 0 Å². The molecule has 0 aliphatic rings. The third kappa shape index (κ3) is 2.06. The van der Waals surface area contributed by atoms with Gasteiger partial charge >= 0.3 is 0 Å². The summed E-state index contributed by atoms with van der Waals surface area (Å²) >= 11 is 0. The van der Waals surface area contributed by atoms with Gasteiger partial charge in [-0.3, -0.25) is 4.98 Å². The van der Waals surface area contributed by atoms with Gasteiger partial charge in [-0.1, -0.05) is 5.16 Å². The Bertz CT molecular complexity index is 327. The molecule has 0 aromatic carbocycles. The van der Waals surface area contributed by atoms with E-state index in [1.165, 1.54) is 13.3 Å². The van der Waals surface area contributed by atoms with E-state index in [1.54, 1.807) is 18.3 Å². The first-order valence-corrected chi connectivity index (χ1v) is 3.29. The second kappa shape index (κ2) is 4.09. The van der Waals surface area contributed by atoms with Crippen LogP contribution < -0.4 is 0 Å². The number of nitrogens with zero attached hydrogens (tertiary/aromatic N) is 3. The van der Waals surface area contributed by atoms with Gasteiger partial charge in [0.05, 0.1) is 23.5 Å². The van der Waals surface area contributed by atoms with Gasteiger partial charge in [0.2, 0.25) is 0 Å². The van der Waals surface area contributed by atoms with Gasteiger partial charge in [-0.2, -0.15) is 5.26 Å². The fraction of sp³-hybridized carbons (Fsp3) is 0.125. The van der Waals surface area contributed by atoms with E-state index in [0.29, 0.717) is 11.3 Å². The van der Waals surface area contributed by atoms with Gasteiger partial charge in [0.15, 0.2) is 0 Å². The molecular weight excluding hydrogens is 154 g/mol. The number of hydrogen-bond acceptors (Lipinski definition) is 4. The van der Waals surface area contributed by atoms with Crippen molar-refractivity contribution in [2.45, 2.75) is 0 Å². The lowest BCUT2D eigenvalue weighted by Gasteiger charge is -1.91. The van der Waals surface area contributed by atoms with Crippen molar-refractivity contribution >= 4 is 6.21 Å². The van der Waals surface area contributed by atoms with Crippen LogP contribution in [0.4, 0.5) is 0 Å². The van der Waals surface area contributed by atoms with Crippen LogP contribution in [0.15, 0.2) is 23.5 Å². The molecule has 0 aliphatic heterocycles. The first kappa shape index (κ1) is 8.21. The topological polar surface area (TPSA) is 58.3 Å². The highest BCUT2D eigenvalue weighted by atomic mass is 16.6. The summed E-state index contributed by atoms with van der Waals surface area (Å²) in [5, 5.41) is 12.1. The van der Waals surface area contributed by atoms with E-state index in [4.69, 9.17) is 5.26 Å². The molecule has 0 aliphatic carbocycles. The molecular formula is C8H7N3O. The van der Waals surface area contributed by atoms with Crippen LogP contribution in [0, 0.1) is 11.3 Å². The summed E-state index contributed by atoms with van der Waals surface area (Å²) in [4.78, 5) is 8.41. The summed E-state index contributed by atoms with van der Waals surface area (Å²) in [6.45, 7) is 0. The molecule has 4 nitrogen and oxygen atoms in total. The van der Waals surface area contributed by atoms with E-state index >= 15 is 0 Å². The van der Waals surface area contributed by atoms with Gasteiger partial charge < -0.3 is 4.84 Å².